The number of carbonyl (C=O) groups excluding carboxylic acids is 1. The number of amides is 1. The third-order valence-electron chi connectivity index (χ3n) is 2.20. The molecule has 3 N–H and O–H groups in total. The van der Waals surface area contributed by atoms with E-state index in [4.69, 9.17) is 12.2 Å². The van der Waals surface area contributed by atoms with Crippen molar-refractivity contribution in [1.82, 2.24) is 25.9 Å². The summed E-state index contributed by atoms with van der Waals surface area (Å²) in [4.78, 5) is 11.7. The lowest BCUT2D eigenvalue weighted by Gasteiger charge is -2.09. The van der Waals surface area contributed by atoms with E-state index < -0.39 is 0 Å². The van der Waals surface area contributed by atoms with E-state index in [1.807, 2.05) is 0 Å². The Morgan fingerprint density at radius 1 is 1.59 bits per heavy atom. The maximum absolute atomic E-state index is 11.7. The number of nitrogens with one attached hydrogen (secondary N) is 3. The van der Waals surface area contributed by atoms with Gasteiger partial charge in [0, 0.05) is 19.3 Å². The largest absolute Gasteiger partial charge is 0.359 e. The van der Waals surface area contributed by atoms with Crippen molar-refractivity contribution in [3.05, 3.63) is 16.4 Å². The average molecular weight is 318 g/mol. The molecule has 92 valence electrons. The molecule has 1 amide bonds. The van der Waals surface area contributed by atoms with Crippen molar-refractivity contribution >= 4 is 39.2 Å². The Hall–Kier alpha value is -1.15. The molecule has 1 saturated carbocycles. The molecule has 0 unspecified atom stereocenters. The van der Waals surface area contributed by atoms with Gasteiger partial charge < -0.3 is 5.32 Å². The topological polar surface area (TPSA) is 71.0 Å². The van der Waals surface area contributed by atoms with Crippen LogP contribution in [0.25, 0.3) is 0 Å². The zero-order valence-corrected chi connectivity index (χ0v) is 11.6. The Balaban J connectivity index is 1.84. The summed E-state index contributed by atoms with van der Waals surface area (Å²) in [6, 6.07) is 0.452. The summed E-state index contributed by atoms with van der Waals surface area (Å²) in [6.07, 6.45) is 3.96. The molecule has 6 nitrogen and oxygen atoms in total. The van der Waals surface area contributed by atoms with Gasteiger partial charge in [-0.2, -0.15) is 5.10 Å². The Bertz CT molecular complexity index is 456. The van der Waals surface area contributed by atoms with Gasteiger partial charge in [0.2, 0.25) is 0 Å². The monoisotopic (exact) mass is 317 g/mol. The molecular formula is C9H12BrN5OS. The van der Waals surface area contributed by atoms with Crippen molar-refractivity contribution in [2.75, 3.05) is 0 Å². The van der Waals surface area contributed by atoms with Gasteiger partial charge in [0.05, 0.1) is 4.47 Å². The lowest BCUT2D eigenvalue weighted by molar-refractivity contribution is 0.0937. The van der Waals surface area contributed by atoms with Crippen molar-refractivity contribution < 1.29 is 4.79 Å². The number of hydrogen-bond acceptors (Lipinski definition) is 3. The molecule has 2 rings (SSSR count). The molecule has 0 spiro atoms. The number of rotatable bonds is 2. The molecular weight excluding hydrogens is 306 g/mol. The number of hydrogen-bond donors (Lipinski definition) is 3. The number of thiocarbonyl (C=S) groups is 1. The van der Waals surface area contributed by atoms with Crippen molar-refractivity contribution in [2.24, 2.45) is 7.05 Å². The van der Waals surface area contributed by atoms with Crippen molar-refractivity contribution in [3.63, 3.8) is 0 Å². The third kappa shape index (κ3) is 3.40. The van der Waals surface area contributed by atoms with E-state index in [0.29, 0.717) is 21.3 Å². The predicted octanol–water partition coefficient (Wildman–Crippen LogP) is 0.454. The molecule has 1 heterocycles. The number of hydrazine groups is 1. The van der Waals surface area contributed by atoms with Crippen LogP contribution >= 0.6 is 28.1 Å². The van der Waals surface area contributed by atoms with Gasteiger partial charge in [-0.15, -0.1) is 0 Å². The first-order chi connectivity index (χ1) is 8.06. The predicted molar refractivity (Wildman–Crippen MR) is 70.3 cm³/mol. The molecule has 0 aromatic carbocycles. The standard InChI is InChI=1S/C9H12BrN5OS/c1-15-4-6(10)7(14-15)8(16)12-13-9(17)11-5-2-3-5/h4-5H,2-3H2,1H3,(H,12,16)(H2,11,13,17). The number of halogens is 1. The smallest absolute Gasteiger partial charge is 0.291 e. The van der Waals surface area contributed by atoms with Crippen LogP contribution in [-0.4, -0.2) is 26.8 Å². The Morgan fingerprint density at radius 2 is 2.29 bits per heavy atom. The van der Waals surface area contributed by atoms with Crippen LogP contribution in [0.5, 0.6) is 0 Å². The Morgan fingerprint density at radius 3 is 2.82 bits per heavy atom. The minimum Gasteiger partial charge on any atom is -0.359 e. The van der Waals surface area contributed by atoms with Crippen LogP contribution in [0.3, 0.4) is 0 Å². The van der Waals surface area contributed by atoms with Gasteiger partial charge in [-0.25, -0.2) is 0 Å². The molecule has 0 aliphatic heterocycles. The van der Waals surface area contributed by atoms with E-state index in [9.17, 15) is 4.79 Å². The molecule has 1 aliphatic rings. The highest BCUT2D eigenvalue weighted by Crippen LogP contribution is 2.18. The van der Waals surface area contributed by atoms with E-state index in [-0.39, 0.29) is 5.91 Å². The van der Waals surface area contributed by atoms with E-state index in [2.05, 4.69) is 37.2 Å². The minimum atomic E-state index is -0.336. The summed E-state index contributed by atoms with van der Waals surface area (Å²) in [5, 5.41) is 7.49. The fourth-order valence-corrected chi connectivity index (χ4v) is 2.01. The van der Waals surface area contributed by atoms with E-state index in [0.717, 1.165) is 12.8 Å². The van der Waals surface area contributed by atoms with Gasteiger partial charge in [-0.05, 0) is 41.0 Å². The number of aromatic nitrogens is 2. The molecule has 17 heavy (non-hydrogen) atoms. The molecule has 0 saturated heterocycles. The van der Waals surface area contributed by atoms with Crippen molar-refractivity contribution in [1.29, 1.82) is 0 Å². The molecule has 0 atom stereocenters. The van der Waals surface area contributed by atoms with Crippen LogP contribution < -0.4 is 16.2 Å². The fourth-order valence-electron chi connectivity index (χ4n) is 1.24. The van der Waals surface area contributed by atoms with Crippen LogP contribution in [0.2, 0.25) is 0 Å². The highest BCUT2D eigenvalue weighted by Gasteiger charge is 2.22. The second-order valence-electron chi connectivity index (χ2n) is 3.83. The average Bonchev–Trinajstić information content (AvgIpc) is 3.00. The van der Waals surface area contributed by atoms with Gasteiger partial charge in [0.25, 0.3) is 5.91 Å². The molecule has 0 radical (unpaired) electrons. The third-order valence-corrected chi connectivity index (χ3v) is 3.00. The van der Waals surface area contributed by atoms with Crippen molar-refractivity contribution in [3.8, 4) is 0 Å². The maximum atomic E-state index is 11.7. The molecule has 1 fully saturated rings. The van der Waals surface area contributed by atoms with Crippen molar-refractivity contribution in [2.45, 2.75) is 18.9 Å². The molecule has 1 aromatic rings. The molecule has 1 aliphatic carbocycles. The van der Waals surface area contributed by atoms with Gasteiger partial charge >= 0.3 is 0 Å². The van der Waals surface area contributed by atoms with E-state index in [1.165, 1.54) is 0 Å². The fraction of sp³-hybridized carbons (Fsp3) is 0.444. The number of carbonyl (C=O) groups is 1. The maximum Gasteiger partial charge on any atom is 0.291 e. The SMILES string of the molecule is Cn1cc(Br)c(C(=O)NNC(=S)NC2CC2)n1. The quantitative estimate of drug-likeness (QED) is 0.546. The number of aryl methyl sites for hydroxylation is 1. The van der Waals surface area contributed by atoms with Crippen LogP contribution in [0.4, 0.5) is 0 Å². The first-order valence-electron chi connectivity index (χ1n) is 5.12. The molecule has 1 aromatic heterocycles. The molecule has 0 bridgehead atoms. The second-order valence-corrected chi connectivity index (χ2v) is 5.09. The van der Waals surface area contributed by atoms with Gasteiger partial charge in [0.15, 0.2) is 10.8 Å². The van der Waals surface area contributed by atoms with Gasteiger partial charge in [-0.1, -0.05) is 0 Å². The minimum absolute atomic E-state index is 0.314. The zero-order chi connectivity index (χ0) is 12.4. The summed E-state index contributed by atoms with van der Waals surface area (Å²) >= 11 is 8.26. The van der Waals surface area contributed by atoms with E-state index in [1.54, 1.807) is 17.9 Å². The summed E-state index contributed by atoms with van der Waals surface area (Å²) in [7, 11) is 1.74. The molecule has 8 heteroatoms. The van der Waals surface area contributed by atoms with Crippen LogP contribution in [0, 0.1) is 0 Å². The first-order valence-corrected chi connectivity index (χ1v) is 6.32. The first kappa shape index (κ1) is 12.3. The summed E-state index contributed by atoms with van der Waals surface area (Å²) in [5.74, 6) is -0.336. The van der Waals surface area contributed by atoms with Crippen LogP contribution in [0.15, 0.2) is 10.7 Å². The van der Waals surface area contributed by atoms with Gasteiger partial charge in [-0.3, -0.25) is 20.3 Å². The lowest BCUT2D eigenvalue weighted by atomic mass is 10.4. The summed E-state index contributed by atoms with van der Waals surface area (Å²) < 4.78 is 2.19. The van der Waals surface area contributed by atoms with E-state index >= 15 is 0 Å². The lowest BCUT2D eigenvalue weighted by Crippen LogP contribution is -2.47. The Labute approximate surface area is 112 Å². The highest BCUT2D eigenvalue weighted by atomic mass is 79.9. The second kappa shape index (κ2) is 5.01. The summed E-state index contributed by atoms with van der Waals surface area (Å²) in [6.45, 7) is 0. The van der Waals surface area contributed by atoms with Crippen LogP contribution in [-0.2, 0) is 7.05 Å². The number of nitrogens with zero attached hydrogens (tertiary/aromatic N) is 2. The highest BCUT2D eigenvalue weighted by molar-refractivity contribution is 9.10. The van der Waals surface area contributed by atoms with Crippen LogP contribution in [0.1, 0.15) is 23.3 Å². The summed E-state index contributed by atoms with van der Waals surface area (Å²) in [5.41, 5.74) is 5.44. The van der Waals surface area contributed by atoms with Gasteiger partial charge in [0.1, 0.15) is 0 Å². The normalized spacial score (nSPS) is 14.2. The Kier molecular flexibility index (Phi) is 3.63. The zero-order valence-electron chi connectivity index (χ0n) is 9.16.